The molecule has 1 aromatic heterocycles. The molecule has 0 aromatic carbocycles. The Hall–Kier alpha value is -0.550. The Balaban J connectivity index is 2.90. The third-order valence-electron chi connectivity index (χ3n) is 1.65. The summed E-state index contributed by atoms with van der Waals surface area (Å²) in [6.07, 6.45) is 3.31. The fraction of sp³-hybridized carbons (Fsp3) is 0.571. The minimum Gasteiger partial charge on any atom is -0.253 e. The summed E-state index contributed by atoms with van der Waals surface area (Å²) >= 11 is 0. The van der Waals surface area contributed by atoms with Crippen LogP contribution in [0.5, 0.6) is 0 Å². The molecular weight excluding hydrogens is 212 g/mol. The fourth-order valence-electron chi connectivity index (χ4n) is 1.00. The molecule has 0 radical (unpaired) electrons. The predicted octanol–water partition coefficient (Wildman–Crippen LogP) is 1.61. The minimum atomic E-state index is -3.65. The highest BCUT2D eigenvalue weighted by atomic mass is 35.7. The van der Waals surface area contributed by atoms with E-state index in [0.717, 1.165) is 12.8 Å². The molecule has 1 rings (SSSR count). The van der Waals surface area contributed by atoms with Gasteiger partial charge >= 0.3 is 0 Å². The molecule has 0 aliphatic heterocycles. The van der Waals surface area contributed by atoms with Crippen LogP contribution in [0.4, 0.5) is 0 Å². The number of halogens is 1. The van der Waals surface area contributed by atoms with E-state index in [2.05, 4.69) is 5.10 Å². The summed E-state index contributed by atoms with van der Waals surface area (Å²) in [6, 6.07) is 1.40. The van der Waals surface area contributed by atoms with Gasteiger partial charge in [0.1, 0.15) is 0 Å². The van der Waals surface area contributed by atoms with E-state index < -0.39 is 9.05 Å². The summed E-state index contributed by atoms with van der Waals surface area (Å²) in [6.45, 7) is 2.61. The summed E-state index contributed by atoms with van der Waals surface area (Å²) in [5.74, 6) is 0. The van der Waals surface area contributed by atoms with Crippen LogP contribution in [-0.2, 0) is 15.6 Å². The Morgan fingerprint density at radius 2 is 2.31 bits per heavy atom. The van der Waals surface area contributed by atoms with Crippen molar-refractivity contribution >= 4 is 19.7 Å². The van der Waals surface area contributed by atoms with Crippen LogP contribution in [0.25, 0.3) is 0 Å². The average Bonchev–Trinajstić information content (AvgIpc) is 2.47. The van der Waals surface area contributed by atoms with Crippen LogP contribution in [0.1, 0.15) is 19.8 Å². The van der Waals surface area contributed by atoms with Crippen LogP contribution in [0.2, 0.25) is 0 Å². The van der Waals surface area contributed by atoms with Gasteiger partial charge in [0.15, 0.2) is 5.03 Å². The van der Waals surface area contributed by atoms with Crippen LogP contribution in [0.3, 0.4) is 0 Å². The molecule has 0 atom stereocenters. The van der Waals surface area contributed by atoms with Gasteiger partial charge in [0.2, 0.25) is 0 Å². The molecule has 74 valence electrons. The molecule has 0 fully saturated rings. The van der Waals surface area contributed by atoms with Crippen molar-refractivity contribution in [1.82, 2.24) is 9.78 Å². The highest BCUT2D eigenvalue weighted by Crippen LogP contribution is 2.14. The summed E-state index contributed by atoms with van der Waals surface area (Å²) in [5.41, 5.74) is 0. The van der Waals surface area contributed by atoms with Gasteiger partial charge in [-0.2, -0.15) is 5.10 Å². The summed E-state index contributed by atoms with van der Waals surface area (Å²) in [4.78, 5) is 0. The summed E-state index contributed by atoms with van der Waals surface area (Å²) in [5, 5.41) is 3.95. The maximum Gasteiger partial charge on any atom is 0.278 e. The van der Waals surface area contributed by atoms with Crippen LogP contribution in [0, 0.1) is 0 Å². The molecule has 0 N–H and O–H groups in total. The molecule has 0 aliphatic rings. The van der Waals surface area contributed by atoms with Crippen LogP contribution in [0.15, 0.2) is 17.3 Å². The number of unbranched alkanes of at least 4 members (excludes halogenated alkanes) is 1. The lowest BCUT2D eigenvalue weighted by Gasteiger charge is -2.02. The van der Waals surface area contributed by atoms with Gasteiger partial charge in [-0.05, 0) is 12.5 Å². The van der Waals surface area contributed by atoms with Gasteiger partial charge in [0.05, 0.1) is 6.20 Å². The topological polar surface area (TPSA) is 52.0 Å². The zero-order chi connectivity index (χ0) is 9.90. The average molecular weight is 223 g/mol. The van der Waals surface area contributed by atoms with Crippen molar-refractivity contribution in [3.8, 4) is 0 Å². The highest BCUT2D eigenvalue weighted by molar-refractivity contribution is 8.13. The first-order valence-corrected chi connectivity index (χ1v) is 6.33. The number of aryl methyl sites for hydroxylation is 1. The first-order chi connectivity index (χ1) is 6.05. The molecule has 0 aliphatic carbocycles. The van der Waals surface area contributed by atoms with Gasteiger partial charge in [0.25, 0.3) is 9.05 Å². The molecule has 0 saturated carbocycles. The Bertz CT molecular complexity index is 372. The Kier molecular flexibility index (Phi) is 3.33. The Morgan fingerprint density at radius 1 is 1.62 bits per heavy atom. The standard InChI is InChI=1S/C7H11ClN2O2S/c1-2-3-6-10-7(4-5-9-10)13(8,11)12/h4-5H,2-3,6H2,1H3. The zero-order valence-corrected chi connectivity index (χ0v) is 8.85. The molecule has 1 aromatic rings. The second-order valence-electron chi connectivity index (χ2n) is 2.68. The van der Waals surface area contributed by atoms with E-state index in [1.807, 2.05) is 6.92 Å². The van der Waals surface area contributed by atoms with Crippen molar-refractivity contribution in [2.45, 2.75) is 31.3 Å². The molecule has 4 nitrogen and oxygen atoms in total. The monoisotopic (exact) mass is 222 g/mol. The lowest BCUT2D eigenvalue weighted by atomic mass is 10.3. The van der Waals surface area contributed by atoms with Crippen LogP contribution >= 0.6 is 10.7 Å². The SMILES string of the molecule is CCCCn1nccc1S(=O)(=O)Cl. The highest BCUT2D eigenvalue weighted by Gasteiger charge is 2.15. The normalized spacial score (nSPS) is 11.8. The minimum absolute atomic E-state index is 0.0719. The third-order valence-corrected chi connectivity index (χ3v) is 2.97. The number of hydrogen-bond donors (Lipinski definition) is 0. The van der Waals surface area contributed by atoms with Crippen molar-refractivity contribution in [2.75, 3.05) is 0 Å². The van der Waals surface area contributed by atoms with Crippen LogP contribution in [-0.4, -0.2) is 18.2 Å². The van der Waals surface area contributed by atoms with Gasteiger partial charge in [-0.3, -0.25) is 4.68 Å². The lowest BCUT2D eigenvalue weighted by molar-refractivity contribution is 0.519. The van der Waals surface area contributed by atoms with Crippen LogP contribution < -0.4 is 0 Å². The van der Waals surface area contributed by atoms with Gasteiger partial charge in [-0.1, -0.05) is 13.3 Å². The maximum atomic E-state index is 11.0. The van der Waals surface area contributed by atoms with Gasteiger partial charge < -0.3 is 0 Å². The molecule has 0 bridgehead atoms. The molecule has 0 spiro atoms. The molecule has 1 heterocycles. The van der Waals surface area contributed by atoms with E-state index >= 15 is 0 Å². The predicted molar refractivity (Wildman–Crippen MR) is 50.2 cm³/mol. The number of aromatic nitrogens is 2. The first kappa shape index (κ1) is 10.5. The van der Waals surface area contributed by atoms with E-state index in [1.165, 1.54) is 16.9 Å². The Morgan fingerprint density at radius 3 is 2.85 bits per heavy atom. The van der Waals surface area contributed by atoms with E-state index in [-0.39, 0.29) is 5.03 Å². The fourth-order valence-corrected chi connectivity index (χ4v) is 2.01. The second kappa shape index (κ2) is 4.11. The molecule has 13 heavy (non-hydrogen) atoms. The van der Waals surface area contributed by atoms with E-state index in [4.69, 9.17) is 10.7 Å². The van der Waals surface area contributed by atoms with Crippen molar-refractivity contribution in [3.05, 3.63) is 12.3 Å². The molecule has 0 saturated heterocycles. The van der Waals surface area contributed by atoms with Crippen molar-refractivity contribution in [2.24, 2.45) is 0 Å². The van der Waals surface area contributed by atoms with Crippen molar-refractivity contribution < 1.29 is 8.42 Å². The smallest absolute Gasteiger partial charge is 0.253 e. The van der Waals surface area contributed by atoms with E-state index in [0.29, 0.717) is 6.54 Å². The van der Waals surface area contributed by atoms with E-state index in [9.17, 15) is 8.42 Å². The quantitative estimate of drug-likeness (QED) is 0.728. The third kappa shape index (κ3) is 2.70. The molecule has 0 unspecified atom stereocenters. The zero-order valence-electron chi connectivity index (χ0n) is 7.27. The second-order valence-corrected chi connectivity index (χ2v) is 5.20. The number of rotatable bonds is 4. The summed E-state index contributed by atoms with van der Waals surface area (Å²) in [7, 11) is 1.55. The molecule has 6 heteroatoms. The van der Waals surface area contributed by atoms with Gasteiger partial charge in [0, 0.05) is 17.2 Å². The van der Waals surface area contributed by atoms with Gasteiger partial charge in [-0.25, -0.2) is 8.42 Å². The first-order valence-electron chi connectivity index (χ1n) is 4.02. The maximum absolute atomic E-state index is 11.0. The lowest BCUT2D eigenvalue weighted by Crippen LogP contribution is -2.06. The molecule has 0 amide bonds. The summed E-state index contributed by atoms with van der Waals surface area (Å²) < 4.78 is 23.4. The Labute approximate surface area is 81.9 Å². The van der Waals surface area contributed by atoms with Crippen molar-refractivity contribution in [3.63, 3.8) is 0 Å². The molecular formula is C7H11ClN2O2S. The van der Waals surface area contributed by atoms with E-state index in [1.54, 1.807) is 0 Å². The number of hydrogen-bond acceptors (Lipinski definition) is 3. The largest absolute Gasteiger partial charge is 0.278 e. The van der Waals surface area contributed by atoms with Gasteiger partial charge in [-0.15, -0.1) is 0 Å². The van der Waals surface area contributed by atoms with Crippen molar-refractivity contribution in [1.29, 1.82) is 0 Å². The number of nitrogens with zero attached hydrogens (tertiary/aromatic N) is 2.